The number of nitrogens with one attached hydrogen (secondary N) is 1. The largest absolute Gasteiger partial charge is 0.465 e. The van der Waals surface area contributed by atoms with E-state index in [0.717, 1.165) is 31.5 Å². The van der Waals surface area contributed by atoms with Crippen molar-refractivity contribution in [2.45, 2.75) is 0 Å². The summed E-state index contributed by atoms with van der Waals surface area (Å²) >= 11 is 5.04. The summed E-state index contributed by atoms with van der Waals surface area (Å²) in [5.74, 6) is 0.318. The number of fused-ring (bicyclic) bond motifs is 1. The number of hydrogen-bond donors (Lipinski definition) is 1. The summed E-state index contributed by atoms with van der Waals surface area (Å²) in [7, 11) is 1.37. The summed E-state index contributed by atoms with van der Waals surface area (Å²) in [5, 5.41) is 6.35. The molecule has 142 valence electrons. The zero-order chi connectivity index (χ0) is 18.8. The third-order valence-electron chi connectivity index (χ3n) is 4.07. The highest BCUT2D eigenvalue weighted by molar-refractivity contribution is 9.10. The Balaban J connectivity index is 0.00000225. The van der Waals surface area contributed by atoms with Gasteiger partial charge in [0.15, 0.2) is 0 Å². The predicted molar refractivity (Wildman–Crippen MR) is 119 cm³/mol. The van der Waals surface area contributed by atoms with Gasteiger partial charge < -0.3 is 10.1 Å². The molecule has 5 nitrogen and oxygen atoms in total. The maximum atomic E-state index is 11.8. The molecule has 2 aromatic carbocycles. The van der Waals surface area contributed by atoms with Gasteiger partial charge in [0.2, 0.25) is 0 Å². The van der Waals surface area contributed by atoms with Gasteiger partial charge in [0.05, 0.1) is 18.1 Å². The lowest BCUT2D eigenvalue weighted by molar-refractivity contribution is 0.0601. The highest BCUT2D eigenvalue weighted by Crippen LogP contribution is 2.37. The number of ether oxygens (including phenoxy) is 1. The highest BCUT2D eigenvalue weighted by Gasteiger charge is 2.14. The summed E-state index contributed by atoms with van der Waals surface area (Å²) in [6.07, 6.45) is 1.54. The van der Waals surface area contributed by atoms with E-state index in [0.29, 0.717) is 11.4 Å². The van der Waals surface area contributed by atoms with Gasteiger partial charge in [-0.25, -0.2) is 14.8 Å². The van der Waals surface area contributed by atoms with E-state index in [1.807, 2.05) is 18.2 Å². The van der Waals surface area contributed by atoms with Gasteiger partial charge in [0.25, 0.3) is 0 Å². The number of halogens is 2. The average Bonchev–Trinajstić information content (AvgIpc) is 3.13. The summed E-state index contributed by atoms with van der Waals surface area (Å²) < 4.78 is 5.82. The second kappa shape index (κ2) is 8.68. The lowest BCUT2D eigenvalue weighted by atomic mass is 10.1. The Morgan fingerprint density at radius 3 is 2.68 bits per heavy atom. The minimum atomic E-state index is -0.377. The molecular formula is C20H15BrClN3O2S. The van der Waals surface area contributed by atoms with Crippen LogP contribution in [-0.4, -0.2) is 23.0 Å². The smallest absolute Gasteiger partial charge is 0.337 e. The monoisotopic (exact) mass is 475 g/mol. The second-order valence-electron chi connectivity index (χ2n) is 5.76. The third kappa shape index (κ3) is 4.01. The Kier molecular flexibility index (Phi) is 6.28. The minimum Gasteiger partial charge on any atom is -0.465 e. The molecule has 4 aromatic rings. The van der Waals surface area contributed by atoms with E-state index in [1.165, 1.54) is 13.4 Å². The predicted octanol–water partition coefficient (Wildman–Crippen LogP) is 6.07. The van der Waals surface area contributed by atoms with Crippen LogP contribution < -0.4 is 5.32 Å². The zero-order valence-electron chi connectivity index (χ0n) is 14.7. The number of nitrogens with zero attached hydrogens (tertiary/aromatic N) is 2. The molecule has 28 heavy (non-hydrogen) atoms. The molecule has 8 heteroatoms. The van der Waals surface area contributed by atoms with Crippen molar-refractivity contribution >= 4 is 67.4 Å². The molecular weight excluding hydrogens is 462 g/mol. The molecule has 0 fully saturated rings. The van der Waals surface area contributed by atoms with Crippen LogP contribution in [0.2, 0.25) is 0 Å². The van der Waals surface area contributed by atoms with Gasteiger partial charge >= 0.3 is 5.97 Å². The standard InChI is InChI=1S/C20H14BrN3O2S.ClH/c1-26-20(25)13-3-2-4-15(9-13)24-18-17-16(10-27-19(17)23-11-22-18)12-5-7-14(21)8-6-12;/h2-11H,1H3,(H,22,23,24);1H. The van der Waals surface area contributed by atoms with Crippen molar-refractivity contribution in [1.29, 1.82) is 0 Å². The number of benzene rings is 2. The van der Waals surface area contributed by atoms with Crippen LogP contribution >= 0.6 is 39.7 Å². The molecule has 1 N–H and O–H groups in total. The molecule has 2 heterocycles. The summed E-state index contributed by atoms with van der Waals surface area (Å²) in [6.45, 7) is 0. The van der Waals surface area contributed by atoms with Gasteiger partial charge in [-0.3, -0.25) is 0 Å². The Labute approximate surface area is 180 Å². The number of thiophene rings is 1. The van der Waals surface area contributed by atoms with Crippen molar-refractivity contribution in [2.75, 3.05) is 12.4 Å². The minimum absolute atomic E-state index is 0. The number of esters is 1. The molecule has 2 aromatic heterocycles. The molecule has 4 rings (SSSR count). The summed E-state index contributed by atoms with van der Waals surface area (Å²) in [6, 6.07) is 15.3. The van der Waals surface area contributed by atoms with Gasteiger partial charge in [-0.2, -0.15) is 0 Å². The first-order chi connectivity index (χ1) is 13.2. The molecule has 0 aliphatic heterocycles. The number of anilines is 2. The van der Waals surface area contributed by atoms with Gasteiger partial charge in [-0.15, -0.1) is 23.7 Å². The van der Waals surface area contributed by atoms with Crippen molar-refractivity contribution in [3.05, 3.63) is 70.3 Å². The average molecular weight is 477 g/mol. The molecule has 0 aliphatic carbocycles. The molecule has 0 saturated heterocycles. The number of hydrogen-bond acceptors (Lipinski definition) is 6. The van der Waals surface area contributed by atoms with E-state index in [9.17, 15) is 4.79 Å². The third-order valence-corrected chi connectivity index (χ3v) is 5.49. The number of aromatic nitrogens is 2. The maximum Gasteiger partial charge on any atom is 0.337 e. The molecule has 0 amide bonds. The Morgan fingerprint density at radius 2 is 1.93 bits per heavy atom. The fraction of sp³-hybridized carbons (Fsp3) is 0.0500. The van der Waals surface area contributed by atoms with Crippen LogP contribution in [0, 0.1) is 0 Å². The topological polar surface area (TPSA) is 64.1 Å². The molecule has 0 spiro atoms. The van der Waals surface area contributed by atoms with Gasteiger partial charge in [0.1, 0.15) is 17.0 Å². The molecule has 0 bridgehead atoms. The van der Waals surface area contributed by atoms with Crippen LogP contribution in [0.25, 0.3) is 21.3 Å². The Morgan fingerprint density at radius 1 is 1.14 bits per heavy atom. The molecule has 0 unspecified atom stereocenters. The van der Waals surface area contributed by atoms with E-state index in [1.54, 1.807) is 29.5 Å². The number of carbonyl (C=O) groups is 1. The normalized spacial score (nSPS) is 10.4. The van der Waals surface area contributed by atoms with E-state index in [2.05, 4.69) is 48.7 Å². The zero-order valence-corrected chi connectivity index (χ0v) is 17.9. The first-order valence-electron chi connectivity index (χ1n) is 8.09. The van der Waals surface area contributed by atoms with Crippen LogP contribution in [0.5, 0.6) is 0 Å². The van der Waals surface area contributed by atoms with Crippen LogP contribution in [-0.2, 0) is 4.74 Å². The molecule has 0 radical (unpaired) electrons. The number of methoxy groups -OCH3 is 1. The van der Waals surface area contributed by atoms with Crippen LogP contribution in [0.1, 0.15) is 10.4 Å². The summed E-state index contributed by atoms with van der Waals surface area (Å²) in [5.41, 5.74) is 3.39. The van der Waals surface area contributed by atoms with E-state index >= 15 is 0 Å². The molecule has 0 aliphatic rings. The Bertz CT molecular complexity index is 1130. The van der Waals surface area contributed by atoms with Crippen LogP contribution in [0.3, 0.4) is 0 Å². The van der Waals surface area contributed by atoms with Gasteiger partial charge in [0, 0.05) is 21.1 Å². The Hall–Kier alpha value is -2.48. The second-order valence-corrected chi connectivity index (χ2v) is 7.53. The van der Waals surface area contributed by atoms with Gasteiger partial charge in [-0.1, -0.05) is 34.1 Å². The SMILES string of the molecule is COC(=O)c1cccc(Nc2ncnc3scc(-c4ccc(Br)cc4)c23)c1.Cl. The van der Waals surface area contributed by atoms with Crippen LogP contribution in [0.4, 0.5) is 11.5 Å². The fourth-order valence-corrected chi connectivity index (χ4v) is 3.97. The van der Waals surface area contributed by atoms with E-state index < -0.39 is 0 Å². The van der Waals surface area contributed by atoms with Crippen LogP contribution in [0.15, 0.2) is 64.7 Å². The van der Waals surface area contributed by atoms with E-state index in [-0.39, 0.29) is 18.4 Å². The first-order valence-corrected chi connectivity index (χ1v) is 9.76. The lowest BCUT2D eigenvalue weighted by Crippen LogP contribution is -2.02. The van der Waals surface area contributed by atoms with E-state index in [4.69, 9.17) is 4.74 Å². The van der Waals surface area contributed by atoms with Crippen molar-refractivity contribution in [3.63, 3.8) is 0 Å². The number of carbonyl (C=O) groups excluding carboxylic acids is 1. The van der Waals surface area contributed by atoms with Crippen molar-refractivity contribution < 1.29 is 9.53 Å². The quantitative estimate of drug-likeness (QED) is 0.362. The lowest BCUT2D eigenvalue weighted by Gasteiger charge is -2.09. The first kappa shape index (κ1) is 20.3. The van der Waals surface area contributed by atoms with Crippen molar-refractivity contribution in [1.82, 2.24) is 9.97 Å². The highest BCUT2D eigenvalue weighted by atomic mass is 79.9. The van der Waals surface area contributed by atoms with Crippen molar-refractivity contribution in [2.24, 2.45) is 0 Å². The maximum absolute atomic E-state index is 11.8. The fourth-order valence-electron chi connectivity index (χ4n) is 2.79. The molecule has 0 saturated carbocycles. The van der Waals surface area contributed by atoms with Crippen molar-refractivity contribution in [3.8, 4) is 11.1 Å². The molecule has 0 atom stereocenters. The summed E-state index contributed by atoms with van der Waals surface area (Å²) in [4.78, 5) is 21.5. The van der Waals surface area contributed by atoms with Gasteiger partial charge in [-0.05, 0) is 35.9 Å². The number of rotatable bonds is 4.